The molecule has 15 heavy (non-hydrogen) atoms. The second-order valence-electron chi connectivity index (χ2n) is 3.65. The molecule has 1 aromatic heterocycles. The van der Waals surface area contributed by atoms with Crippen LogP contribution in [0.15, 0.2) is 11.7 Å². The number of rotatable bonds is 6. The van der Waals surface area contributed by atoms with Crippen LogP contribution in [0.5, 0.6) is 0 Å². The maximum Gasteiger partial charge on any atom is 0.0947 e. The fourth-order valence-corrected chi connectivity index (χ4v) is 1.97. The molecule has 0 spiro atoms. The lowest BCUT2D eigenvalue weighted by Crippen LogP contribution is -2.33. The normalized spacial score (nSPS) is 13.0. The van der Waals surface area contributed by atoms with Gasteiger partial charge in [0.15, 0.2) is 0 Å². The van der Waals surface area contributed by atoms with E-state index in [2.05, 4.69) is 16.8 Å². The van der Waals surface area contributed by atoms with Crippen molar-refractivity contribution in [2.75, 3.05) is 13.1 Å². The van der Waals surface area contributed by atoms with Crippen LogP contribution in [0.4, 0.5) is 0 Å². The van der Waals surface area contributed by atoms with Crippen molar-refractivity contribution in [3.05, 3.63) is 16.6 Å². The summed E-state index contributed by atoms with van der Waals surface area (Å²) in [6.07, 6.45) is 1.89. The van der Waals surface area contributed by atoms with Gasteiger partial charge in [-0.3, -0.25) is 15.3 Å². The highest BCUT2D eigenvalue weighted by molar-refractivity contribution is 7.09. The lowest BCUT2D eigenvalue weighted by atomic mass is 10.1. The van der Waals surface area contributed by atoms with Gasteiger partial charge in [0.25, 0.3) is 0 Å². The summed E-state index contributed by atoms with van der Waals surface area (Å²) in [5.41, 5.74) is 7.30. The highest BCUT2D eigenvalue weighted by Gasteiger charge is 2.11. The summed E-state index contributed by atoms with van der Waals surface area (Å²) in [5.74, 6) is 0.385. The number of nitrogens with one attached hydrogen (secondary N) is 1. The standard InChI is InChI=1S/C10H18N4S/c1-3-14(5-8(2)10(11)12)6-9-4-13-7-15-9/h4,7-8H,3,5-6H2,1-2H3,(H3,11,12). The minimum Gasteiger partial charge on any atom is -0.387 e. The first kappa shape index (κ1) is 12.1. The van der Waals surface area contributed by atoms with E-state index in [9.17, 15) is 0 Å². The first-order valence-electron chi connectivity index (χ1n) is 5.07. The smallest absolute Gasteiger partial charge is 0.0947 e. The van der Waals surface area contributed by atoms with Crippen LogP contribution in [-0.4, -0.2) is 28.8 Å². The topological polar surface area (TPSA) is 66.0 Å². The van der Waals surface area contributed by atoms with Gasteiger partial charge in [-0.05, 0) is 6.54 Å². The third kappa shape index (κ3) is 3.97. The van der Waals surface area contributed by atoms with E-state index in [0.717, 1.165) is 19.6 Å². The molecule has 1 atom stereocenters. The summed E-state index contributed by atoms with van der Waals surface area (Å²) in [5, 5.41) is 7.36. The van der Waals surface area contributed by atoms with E-state index >= 15 is 0 Å². The number of hydrogen-bond acceptors (Lipinski definition) is 4. The van der Waals surface area contributed by atoms with Crippen molar-refractivity contribution in [1.82, 2.24) is 9.88 Å². The zero-order valence-corrected chi connectivity index (χ0v) is 10.0. The Hall–Kier alpha value is -0.940. The van der Waals surface area contributed by atoms with E-state index in [-0.39, 0.29) is 11.8 Å². The van der Waals surface area contributed by atoms with E-state index in [0.29, 0.717) is 0 Å². The van der Waals surface area contributed by atoms with Gasteiger partial charge in [0.2, 0.25) is 0 Å². The van der Waals surface area contributed by atoms with Crippen molar-refractivity contribution in [3.63, 3.8) is 0 Å². The third-order valence-electron chi connectivity index (χ3n) is 2.37. The van der Waals surface area contributed by atoms with E-state index in [1.165, 1.54) is 4.88 Å². The van der Waals surface area contributed by atoms with Gasteiger partial charge in [-0.2, -0.15) is 0 Å². The Bertz CT molecular complexity index is 296. The van der Waals surface area contributed by atoms with Gasteiger partial charge in [0.05, 0.1) is 11.3 Å². The molecule has 1 rings (SSSR count). The average molecular weight is 226 g/mol. The van der Waals surface area contributed by atoms with Crippen LogP contribution < -0.4 is 5.73 Å². The quantitative estimate of drug-likeness (QED) is 0.571. The average Bonchev–Trinajstić information content (AvgIpc) is 2.69. The molecular formula is C10H18N4S. The van der Waals surface area contributed by atoms with Crippen LogP contribution in [0.25, 0.3) is 0 Å². The molecule has 84 valence electrons. The first-order valence-corrected chi connectivity index (χ1v) is 5.95. The number of nitrogens with zero attached hydrogens (tertiary/aromatic N) is 2. The largest absolute Gasteiger partial charge is 0.387 e. The number of aromatic nitrogens is 1. The number of thiazole rings is 1. The minimum absolute atomic E-state index is 0.123. The zero-order valence-electron chi connectivity index (χ0n) is 9.23. The molecule has 1 heterocycles. The van der Waals surface area contributed by atoms with E-state index in [1.807, 2.05) is 18.6 Å². The molecule has 0 bridgehead atoms. The molecule has 0 saturated carbocycles. The Balaban J connectivity index is 2.46. The Labute approximate surface area is 94.6 Å². The van der Waals surface area contributed by atoms with Gasteiger partial charge in [-0.1, -0.05) is 13.8 Å². The molecule has 3 N–H and O–H groups in total. The van der Waals surface area contributed by atoms with Crippen LogP contribution in [0, 0.1) is 11.3 Å². The molecule has 0 saturated heterocycles. The molecule has 4 nitrogen and oxygen atoms in total. The van der Waals surface area contributed by atoms with E-state index in [1.54, 1.807) is 11.3 Å². The summed E-state index contributed by atoms with van der Waals surface area (Å²) in [4.78, 5) is 7.58. The molecule has 0 fully saturated rings. The van der Waals surface area contributed by atoms with Crippen molar-refractivity contribution in [2.45, 2.75) is 20.4 Å². The predicted molar refractivity (Wildman–Crippen MR) is 64.1 cm³/mol. The fraction of sp³-hybridized carbons (Fsp3) is 0.600. The molecule has 0 aromatic carbocycles. The molecule has 0 aliphatic heterocycles. The predicted octanol–water partition coefficient (Wildman–Crippen LogP) is 1.54. The highest BCUT2D eigenvalue weighted by Crippen LogP contribution is 2.10. The van der Waals surface area contributed by atoms with Crippen LogP contribution in [-0.2, 0) is 6.54 Å². The van der Waals surface area contributed by atoms with Crippen LogP contribution in [0.2, 0.25) is 0 Å². The van der Waals surface area contributed by atoms with E-state index in [4.69, 9.17) is 11.1 Å². The van der Waals surface area contributed by atoms with Gasteiger partial charge >= 0.3 is 0 Å². The lowest BCUT2D eigenvalue weighted by Gasteiger charge is -2.22. The van der Waals surface area contributed by atoms with E-state index < -0.39 is 0 Å². The van der Waals surface area contributed by atoms with Crippen LogP contribution in [0.3, 0.4) is 0 Å². The Kier molecular flexibility index (Phi) is 4.71. The Morgan fingerprint density at radius 2 is 2.47 bits per heavy atom. The monoisotopic (exact) mass is 226 g/mol. The molecule has 0 amide bonds. The summed E-state index contributed by atoms with van der Waals surface area (Å²) in [7, 11) is 0. The Morgan fingerprint density at radius 1 is 1.73 bits per heavy atom. The number of nitrogens with two attached hydrogens (primary N) is 1. The number of amidine groups is 1. The van der Waals surface area contributed by atoms with Crippen molar-refractivity contribution < 1.29 is 0 Å². The second kappa shape index (κ2) is 5.82. The van der Waals surface area contributed by atoms with Crippen molar-refractivity contribution in [1.29, 1.82) is 5.41 Å². The number of hydrogen-bond donors (Lipinski definition) is 2. The van der Waals surface area contributed by atoms with Crippen LogP contribution >= 0.6 is 11.3 Å². The molecule has 1 aromatic rings. The summed E-state index contributed by atoms with van der Waals surface area (Å²) >= 11 is 1.66. The molecule has 5 heteroatoms. The SMILES string of the molecule is CCN(Cc1cncs1)CC(C)C(=N)N. The van der Waals surface area contributed by atoms with Crippen molar-refractivity contribution >= 4 is 17.2 Å². The highest BCUT2D eigenvalue weighted by atomic mass is 32.1. The van der Waals surface area contributed by atoms with Crippen molar-refractivity contribution in [3.8, 4) is 0 Å². The van der Waals surface area contributed by atoms with Gasteiger partial charge < -0.3 is 5.73 Å². The second-order valence-corrected chi connectivity index (χ2v) is 4.62. The molecular weight excluding hydrogens is 208 g/mol. The lowest BCUT2D eigenvalue weighted by molar-refractivity contribution is 0.265. The van der Waals surface area contributed by atoms with Gasteiger partial charge in [-0.15, -0.1) is 11.3 Å². The summed E-state index contributed by atoms with van der Waals surface area (Å²) in [6, 6.07) is 0. The Morgan fingerprint density at radius 3 is 2.93 bits per heavy atom. The minimum atomic E-state index is 0.123. The fourth-order valence-electron chi connectivity index (χ4n) is 1.33. The third-order valence-corrected chi connectivity index (χ3v) is 3.14. The maximum absolute atomic E-state index is 7.36. The first-order chi connectivity index (χ1) is 7.13. The summed E-state index contributed by atoms with van der Waals surface area (Å²) in [6.45, 7) is 6.81. The van der Waals surface area contributed by atoms with Crippen molar-refractivity contribution in [2.24, 2.45) is 11.7 Å². The molecule has 0 radical (unpaired) electrons. The molecule has 0 aliphatic rings. The van der Waals surface area contributed by atoms with Gasteiger partial charge in [0, 0.05) is 30.1 Å². The molecule has 1 unspecified atom stereocenters. The van der Waals surface area contributed by atoms with Gasteiger partial charge in [0.1, 0.15) is 0 Å². The van der Waals surface area contributed by atoms with Crippen LogP contribution in [0.1, 0.15) is 18.7 Å². The maximum atomic E-state index is 7.36. The summed E-state index contributed by atoms with van der Waals surface area (Å²) < 4.78 is 0. The van der Waals surface area contributed by atoms with Gasteiger partial charge in [-0.25, -0.2) is 0 Å². The zero-order chi connectivity index (χ0) is 11.3. The molecule has 0 aliphatic carbocycles.